The molecule has 7 aromatic rings. The molecular weight excluding hydrogens is 476 g/mol. The van der Waals surface area contributed by atoms with E-state index in [-0.39, 0.29) is 0 Å². The van der Waals surface area contributed by atoms with E-state index in [1.165, 1.54) is 33.0 Å². The maximum Gasteiger partial charge on any atom is 0.123 e. The van der Waals surface area contributed by atoms with Gasteiger partial charge in [0.1, 0.15) is 11.5 Å². The fourth-order valence-corrected chi connectivity index (χ4v) is 5.32. The van der Waals surface area contributed by atoms with E-state index in [9.17, 15) is 10.2 Å². The summed E-state index contributed by atoms with van der Waals surface area (Å²) < 4.78 is 0. The lowest BCUT2D eigenvalue weighted by molar-refractivity contribution is 0.481. The second-order valence-corrected chi connectivity index (χ2v) is 9.65. The Balaban J connectivity index is 0.000000111. The van der Waals surface area contributed by atoms with Gasteiger partial charge in [-0.2, -0.15) is 0 Å². The molecule has 0 aromatic heterocycles. The van der Waals surface area contributed by atoms with Gasteiger partial charge in [0.05, 0.1) is 0 Å². The van der Waals surface area contributed by atoms with Gasteiger partial charge in [0.2, 0.25) is 0 Å². The average Bonchev–Trinajstić information content (AvgIpc) is 3.38. The van der Waals surface area contributed by atoms with Crippen molar-refractivity contribution in [1.29, 1.82) is 0 Å². The Bertz CT molecular complexity index is 1830. The van der Waals surface area contributed by atoms with Crippen LogP contribution in [0.15, 0.2) is 146 Å². The van der Waals surface area contributed by atoms with Crippen LogP contribution in [-0.2, 0) is 6.42 Å². The van der Waals surface area contributed by atoms with E-state index in [1.54, 1.807) is 12.1 Å². The molecule has 0 saturated heterocycles. The molecule has 7 aromatic carbocycles. The molecule has 0 bridgehead atoms. The van der Waals surface area contributed by atoms with Crippen LogP contribution < -0.4 is 0 Å². The molecule has 1 aliphatic carbocycles. The lowest BCUT2D eigenvalue weighted by Crippen LogP contribution is -1.81. The summed E-state index contributed by atoms with van der Waals surface area (Å²) >= 11 is 0. The van der Waals surface area contributed by atoms with Crippen molar-refractivity contribution >= 4 is 32.3 Å². The molecule has 39 heavy (non-hydrogen) atoms. The molecule has 2 heteroatoms. The molecule has 0 aliphatic heterocycles. The number of fused-ring (bicyclic) bond motifs is 7. The van der Waals surface area contributed by atoms with E-state index >= 15 is 0 Å². The van der Waals surface area contributed by atoms with Crippen LogP contribution in [0.1, 0.15) is 11.1 Å². The van der Waals surface area contributed by atoms with Crippen LogP contribution in [-0.4, -0.2) is 10.2 Å². The van der Waals surface area contributed by atoms with Gasteiger partial charge in [0.25, 0.3) is 0 Å². The second kappa shape index (κ2) is 10.7. The molecule has 1 aliphatic rings. The average molecular weight is 505 g/mol. The van der Waals surface area contributed by atoms with E-state index in [1.807, 2.05) is 72.8 Å². The summed E-state index contributed by atoms with van der Waals surface area (Å²) in [6, 6.07) is 48.5. The highest BCUT2D eigenvalue weighted by atomic mass is 16.3. The van der Waals surface area contributed by atoms with Crippen LogP contribution in [0, 0.1) is 0 Å². The maximum atomic E-state index is 9.37. The Morgan fingerprint density at radius 3 is 1.41 bits per heavy atom. The fourth-order valence-electron chi connectivity index (χ4n) is 5.32. The number of phenolic OH excluding ortho intramolecular Hbond substituents is 2. The molecule has 2 nitrogen and oxygen atoms in total. The molecule has 188 valence electrons. The normalized spacial score (nSPS) is 11.2. The van der Waals surface area contributed by atoms with Crippen molar-refractivity contribution in [3.63, 3.8) is 0 Å². The van der Waals surface area contributed by atoms with Crippen LogP contribution in [0.5, 0.6) is 11.5 Å². The lowest BCUT2D eigenvalue weighted by Gasteiger charge is -2.06. The summed E-state index contributed by atoms with van der Waals surface area (Å²) in [5.74, 6) is 0.700. The van der Waals surface area contributed by atoms with Gasteiger partial charge in [-0.1, -0.05) is 133 Å². The van der Waals surface area contributed by atoms with E-state index < -0.39 is 0 Å². The zero-order valence-electron chi connectivity index (χ0n) is 21.5. The van der Waals surface area contributed by atoms with Gasteiger partial charge in [-0.25, -0.2) is 0 Å². The molecule has 2 N–H and O–H groups in total. The van der Waals surface area contributed by atoms with Gasteiger partial charge in [-0.15, -0.1) is 0 Å². The highest BCUT2D eigenvalue weighted by molar-refractivity contribution is 6.01. The minimum Gasteiger partial charge on any atom is -0.507 e. The highest BCUT2D eigenvalue weighted by Crippen LogP contribution is 2.41. The zero-order chi connectivity index (χ0) is 26.6. The van der Waals surface area contributed by atoms with Gasteiger partial charge in [-0.3, -0.25) is 0 Å². The first-order chi connectivity index (χ1) is 19.2. The summed E-state index contributed by atoms with van der Waals surface area (Å²) in [6.07, 6.45) is 1.08. The summed E-state index contributed by atoms with van der Waals surface area (Å²) in [6.45, 7) is 0. The van der Waals surface area contributed by atoms with Gasteiger partial charge in [-0.05, 0) is 62.4 Å². The lowest BCUT2D eigenvalue weighted by atomic mass is 9.98. The number of benzene rings is 7. The second-order valence-electron chi connectivity index (χ2n) is 9.65. The van der Waals surface area contributed by atoms with E-state index in [2.05, 4.69) is 60.7 Å². The molecule has 8 rings (SSSR count). The monoisotopic (exact) mass is 504 g/mol. The Morgan fingerprint density at radius 1 is 0.359 bits per heavy atom. The van der Waals surface area contributed by atoms with Crippen molar-refractivity contribution in [3.8, 4) is 22.6 Å². The van der Waals surface area contributed by atoms with Crippen LogP contribution in [0.3, 0.4) is 0 Å². The summed E-state index contributed by atoms with van der Waals surface area (Å²) in [5, 5.41) is 25.4. The first-order valence-corrected chi connectivity index (χ1v) is 13.1. The van der Waals surface area contributed by atoms with Crippen molar-refractivity contribution in [2.75, 3.05) is 0 Å². The molecular formula is C37H28O2. The quantitative estimate of drug-likeness (QED) is 0.216. The number of phenols is 2. The molecule has 0 saturated carbocycles. The topological polar surface area (TPSA) is 40.5 Å². The van der Waals surface area contributed by atoms with Crippen molar-refractivity contribution in [2.24, 2.45) is 0 Å². The highest BCUT2D eigenvalue weighted by Gasteiger charge is 2.19. The molecule has 0 heterocycles. The first kappa shape index (κ1) is 24.3. The van der Waals surface area contributed by atoms with Crippen LogP contribution in [0.2, 0.25) is 0 Å². The number of aromatic hydroxyl groups is 2. The molecule has 0 fully saturated rings. The largest absolute Gasteiger partial charge is 0.507 e. The molecule has 0 amide bonds. The summed E-state index contributed by atoms with van der Waals surface area (Å²) in [5.41, 5.74) is 5.78. The predicted octanol–water partition coefficient (Wildman–Crippen LogP) is 9.50. The Hall–Kier alpha value is -5.08. The van der Waals surface area contributed by atoms with Crippen LogP contribution in [0.4, 0.5) is 0 Å². The van der Waals surface area contributed by atoms with Gasteiger partial charge in [0.15, 0.2) is 0 Å². The molecule has 0 atom stereocenters. The van der Waals surface area contributed by atoms with Crippen molar-refractivity contribution in [3.05, 3.63) is 157 Å². The first-order valence-electron chi connectivity index (χ1n) is 13.1. The number of rotatable bonds is 0. The third kappa shape index (κ3) is 4.93. The van der Waals surface area contributed by atoms with Gasteiger partial charge >= 0.3 is 0 Å². The van der Waals surface area contributed by atoms with E-state index in [4.69, 9.17) is 0 Å². The maximum absolute atomic E-state index is 9.37. The summed E-state index contributed by atoms with van der Waals surface area (Å²) in [7, 11) is 0. The third-order valence-electron chi connectivity index (χ3n) is 7.22. The van der Waals surface area contributed by atoms with Crippen molar-refractivity contribution in [1.82, 2.24) is 0 Å². The van der Waals surface area contributed by atoms with Crippen LogP contribution >= 0.6 is 0 Å². The zero-order valence-corrected chi connectivity index (χ0v) is 21.5. The SMILES string of the molecule is Oc1cccc2ccccc12.Oc1cccc2ccccc12.c1ccc2c(c1)Cc1ccc3ccccc3c1-2. The van der Waals surface area contributed by atoms with E-state index in [0.717, 1.165) is 28.0 Å². The minimum atomic E-state index is 0.350. The number of hydrogen-bond donors (Lipinski definition) is 2. The standard InChI is InChI=1S/C17H12.2C10H8O/c1-3-7-15-12(5-1)9-10-14-11-13-6-2-4-8-16(13)17(14)15;2*11-10-7-3-5-8-4-1-2-6-9(8)10/h1-10H,11H2;2*1-7,11H. The van der Waals surface area contributed by atoms with E-state index in [0.29, 0.717) is 11.5 Å². The van der Waals surface area contributed by atoms with Crippen molar-refractivity contribution < 1.29 is 10.2 Å². The smallest absolute Gasteiger partial charge is 0.123 e. The Labute approximate surface area is 228 Å². The van der Waals surface area contributed by atoms with Gasteiger partial charge < -0.3 is 10.2 Å². The molecule has 0 radical (unpaired) electrons. The Kier molecular flexibility index (Phi) is 6.67. The Morgan fingerprint density at radius 2 is 0.821 bits per heavy atom. The van der Waals surface area contributed by atoms with Gasteiger partial charge in [0, 0.05) is 10.8 Å². The number of hydrogen-bond acceptors (Lipinski definition) is 2. The fraction of sp³-hybridized carbons (Fsp3) is 0.0270. The summed E-state index contributed by atoms with van der Waals surface area (Å²) in [4.78, 5) is 0. The third-order valence-corrected chi connectivity index (χ3v) is 7.22. The van der Waals surface area contributed by atoms with Crippen LogP contribution in [0.25, 0.3) is 43.4 Å². The predicted molar refractivity (Wildman–Crippen MR) is 163 cm³/mol. The minimum absolute atomic E-state index is 0.350. The molecule has 0 spiro atoms. The van der Waals surface area contributed by atoms with Crippen molar-refractivity contribution in [2.45, 2.75) is 6.42 Å². The molecule has 0 unspecified atom stereocenters.